The molecule has 2 rings (SSSR count). The number of nitrogens with zero attached hydrogens (tertiary/aromatic N) is 1. The van der Waals surface area contributed by atoms with E-state index in [1.54, 1.807) is 11.0 Å². The molecule has 0 unspecified atom stereocenters. The summed E-state index contributed by atoms with van der Waals surface area (Å²) in [7, 11) is 0. The SMILES string of the molecule is CC(=O)N(CCNC(=O)C1CC1)c1ccc(C)c(Cl)c1. The van der Waals surface area contributed by atoms with Crippen molar-refractivity contribution in [1.29, 1.82) is 0 Å². The van der Waals surface area contributed by atoms with Crippen LogP contribution in [0.5, 0.6) is 0 Å². The summed E-state index contributed by atoms with van der Waals surface area (Å²) >= 11 is 6.09. The fourth-order valence-corrected chi connectivity index (χ4v) is 2.17. The van der Waals surface area contributed by atoms with Gasteiger partial charge in [-0.2, -0.15) is 0 Å². The van der Waals surface area contributed by atoms with Crippen molar-refractivity contribution in [2.24, 2.45) is 5.92 Å². The van der Waals surface area contributed by atoms with Crippen molar-refractivity contribution in [3.63, 3.8) is 0 Å². The second kappa shape index (κ2) is 6.27. The average Bonchev–Trinajstić information content (AvgIpc) is 3.22. The quantitative estimate of drug-likeness (QED) is 0.907. The molecule has 0 heterocycles. The summed E-state index contributed by atoms with van der Waals surface area (Å²) in [6, 6.07) is 5.53. The van der Waals surface area contributed by atoms with E-state index in [0.29, 0.717) is 18.1 Å². The Labute approximate surface area is 124 Å². The van der Waals surface area contributed by atoms with Gasteiger partial charge in [0, 0.05) is 36.6 Å². The molecular formula is C15H19ClN2O2. The Bertz CT molecular complexity index is 527. The minimum absolute atomic E-state index is 0.0643. The summed E-state index contributed by atoms with van der Waals surface area (Å²) in [6.45, 7) is 4.34. The van der Waals surface area contributed by atoms with Gasteiger partial charge in [-0.3, -0.25) is 9.59 Å². The number of aryl methyl sites for hydroxylation is 1. The number of carbonyl (C=O) groups excluding carboxylic acids is 2. The Balaban J connectivity index is 1.97. The van der Waals surface area contributed by atoms with E-state index in [-0.39, 0.29) is 17.7 Å². The lowest BCUT2D eigenvalue weighted by Crippen LogP contribution is -2.38. The van der Waals surface area contributed by atoms with Gasteiger partial charge in [0.25, 0.3) is 0 Å². The minimum Gasteiger partial charge on any atom is -0.354 e. The zero-order valence-corrected chi connectivity index (χ0v) is 12.5. The zero-order valence-electron chi connectivity index (χ0n) is 11.8. The Hall–Kier alpha value is -1.55. The molecule has 1 aliphatic rings. The van der Waals surface area contributed by atoms with Gasteiger partial charge < -0.3 is 10.2 Å². The first-order chi connectivity index (χ1) is 9.49. The highest BCUT2D eigenvalue weighted by Crippen LogP contribution is 2.28. The molecule has 0 atom stereocenters. The molecule has 0 bridgehead atoms. The zero-order chi connectivity index (χ0) is 14.7. The van der Waals surface area contributed by atoms with Crippen LogP contribution in [0.25, 0.3) is 0 Å². The number of amides is 2. The van der Waals surface area contributed by atoms with Crippen LogP contribution >= 0.6 is 11.6 Å². The van der Waals surface area contributed by atoms with E-state index in [4.69, 9.17) is 11.6 Å². The van der Waals surface area contributed by atoms with Crippen molar-refractivity contribution in [3.05, 3.63) is 28.8 Å². The minimum atomic E-state index is -0.0643. The molecule has 1 saturated carbocycles. The van der Waals surface area contributed by atoms with Crippen molar-refractivity contribution in [2.75, 3.05) is 18.0 Å². The molecule has 0 aliphatic heterocycles. The van der Waals surface area contributed by atoms with E-state index >= 15 is 0 Å². The van der Waals surface area contributed by atoms with Gasteiger partial charge >= 0.3 is 0 Å². The van der Waals surface area contributed by atoms with E-state index in [9.17, 15) is 9.59 Å². The average molecular weight is 295 g/mol. The molecule has 0 spiro atoms. The molecule has 0 radical (unpaired) electrons. The number of hydrogen-bond acceptors (Lipinski definition) is 2. The van der Waals surface area contributed by atoms with Gasteiger partial charge in [-0.25, -0.2) is 0 Å². The van der Waals surface area contributed by atoms with Crippen LogP contribution in [0.4, 0.5) is 5.69 Å². The highest BCUT2D eigenvalue weighted by Gasteiger charge is 2.29. The predicted octanol–water partition coefficient (Wildman–Crippen LogP) is 2.53. The molecular weight excluding hydrogens is 276 g/mol. The van der Waals surface area contributed by atoms with Gasteiger partial charge in [-0.05, 0) is 37.5 Å². The molecule has 0 aromatic heterocycles. The summed E-state index contributed by atoms with van der Waals surface area (Å²) < 4.78 is 0. The standard InChI is InChI=1S/C15H19ClN2O2/c1-10-3-6-13(9-14(10)16)18(11(2)19)8-7-17-15(20)12-4-5-12/h3,6,9,12H,4-5,7-8H2,1-2H3,(H,17,20). The van der Waals surface area contributed by atoms with Gasteiger partial charge in [-0.1, -0.05) is 17.7 Å². The fraction of sp³-hybridized carbons (Fsp3) is 0.467. The molecule has 1 aromatic carbocycles. The Morgan fingerprint density at radius 1 is 1.40 bits per heavy atom. The van der Waals surface area contributed by atoms with E-state index in [1.165, 1.54) is 6.92 Å². The first kappa shape index (κ1) is 14.9. The van der Waals surface area contributed by atoms with E-state index in [0.717, 1.165) is 24.1 Å². The summed E-state index contributed by atoms with van der Waals surface area (Å²) in [6.07, 6.45) is 1.96. The van der Waals surface area contributed by atoms with Crippen molar-refractivity contribution < 1.29 is 9.59 Å². The van der Waals surface area contributed by atoms with Crippen molar-refractivity contribution >= 4 is 29.1 Å². The second-order valence-electron chi connectivity index (χ2n) is 5.17. The maximum atomic E-state index is 11.7. The lowest BCUT2D eigenvalue weighted by molar-refractivity contribution is -0.122. The Morgan fingerprint density at radius 3 is 2.65 bits per heavy atom. The van der Waals surface area contributed by atoms with Crippen LogP contribution in [0.2, 0.25) is 5.02 Å². The van der Waals surface area contributed by atoms with Crippen LogP contribution in [-0.2, 0) is 9.59 Å². The number of halogens is 1. The van der Waals surface area contributed by atoms with Crippen molar-refractivity contribution in [3.8, 4) is 0 Å². The van der Waals surface area contributed by atoms with Crippen LogP contribution < -0.4 is 10.2 Å². The second-order valence-corrected chi connectivity index (χ2v) is 5.58. The Morgan fingerprint density at radius 2 is 2.10 bits per heavy atom. The molecule has 4 nitrogen and oxygen atoms in total. The number of benzene rings is 1. The number of nitrogens with one attached hydrogen (secondary N) is 1. The first-order valence-electron chi connectivity index (χ1n) is 6.81. The summed E-state index contributed by atoms with van der Waals surface area (Å²) in [4.78, 5) is 24.9. The molecule has 5 heteroatoms. The smallest absolute Gasteiger partial charge is 0.223 e. The van der Waals surface area contributed by atoms with Gasteiger partial charge in [-0.15, -0.1) is 0 Å². The monoisotopic (exact) mass is 294 g/mol. The topological polar surface area (TPSA) is 49.4 Å². The van der Waals surface area contributed by atoms with Crippen LogP contribution in [0, 0.1) is 12.8 Å². The molecule has 1 aliphatic carbocycles. The van der Waals surface area contributed by atoms with Crippen molar-refractivity contribution in [1.82, 2.24) is 5.32 Å². The summed E-state index contributed by atoms with van der Waals surface area (Å²) in [5, 5.41) is 3.49. The maximum absolute atomic E-state index is 11.7. The molecule has 1 N–H and O–H groups in total. The highest BCUT2D eigenvalue weighted by atomic mass is 35.5. The Kier molecular flexibility index (Phi) is 4.65. The third-order valence-corrected chi connectivity index (χ3v) is 3.84. The molecule has 1 fully saturated rings. The van der Waals surface area contributed by atoms with E-state index in [2.05, 4.69) is 5.32 Å². The van der Waals surface area contributed by atoms with E-state index < -0.39 is 0 Å². The number of hydrogen-bond donors (Lipinski definition) is 1. The van der Waals surface area contributed by atoms with Gasteiger partial charge in [0.15, 0.2) is 0 Å². The molecule has 2 amide bonds. The van der Waals surface area contributed by atoms with Gasteiger partial charge in [0.1, 0.15) is 0 Å². The normalized spacial score (nSPS) is 13.9. The highest BCUT2D eigenvalue weighted by molar-refractivity contribution is 6.31. The van der Waals surface area contributed by atoms with Crippen LogP contribution in [-0.4, -0.2) is 24.9 Å². The number of rotatable bonds is 5. The summed E-state index contributed by atoms with van der Waals surface area (Å²) in [5.41, 5.74) is 1.73. The lowest BCUT2D eigenvalue weighted by Gasteiger charge is -2.22. The van der Waals surface area contributed by atoms with Crippen LogP contribution in [0.15, 0.2) is 18.2 Å². The molecule has 1 aromatic rings. The molecule has 0 saturated heterocycles. The third kappa shape index (κ3) is 3.73. The van der Waals surface area contributed by atoms with E-state index in [1.807, 2.05) is 19.1 Å². The number of anilines is 1. The summed E-state index contributed by atoms with van der Waals surface area (Å²) in [5.74, 6) is 0.218. The van der Waals surface area contributed by atoms with Crippen LogP contribution in [0.1, 0.15) is 25.3 Å². The first-order valence-corrected chi connectivity index (χ1v) is 7.19. The fourth-order valence-electron chi connectivity index (χ4n) is 2.00. The van der Waals surface area contributed by atoms with Gasteiger partial charge in [0.05, 0.1) is 0 Å². The van der Waals surface area contributed by atoms with Crippen LogP contribution in [0.3, 0.4) is 0 Å². The third-order valence-electron chi connectivity index (χ3n) is 3.43. The largest absolute Gasteiger partial charge is 0.354 e. The lowest BCUT2D eigenvalue weighted by atomic mass is 10.2. The van der Waals surface area contributed by atoms with Crippen molar-refractivity contribution in [2.45, 2.75) is 26.7 Å². The van der Waals surface area contributed by atoms with Gasteiger partial charge in [0.2, 0.25) is 11.8 Å². The maximum Gasteiger partial charge on any atom is 0.223 e. The molecule has 108 valence electrons. The molecule has 20 heavy (non-hydrogen) atoms. The predicted molar refractivity (Wildman–Crippen MR) is 79.9 cm³/mol. The number of carbonyl (C=O) groups is 2.